The Morgan fingerprint density at radius 3 is 2.67 bits per heavy atom. The fourth-order valence-electron chi connectivity index (χ4n) is 3.55. The number of aromatic nitrogens is 1. The first-order valence-electron chi connectivity index (χ1n) is 9.30. The van der Waals surface area contributed by atoms with Crippen LogP contribution in [0.4, 0.5) is 4.39 Å². The van der Waals surface area contributed by atoms with E-state index in [9.17, 15) is 4.39 Å². The van der Waals surface area contributed by atoms with Gasteiger partial charge in [-0.05, 0) is 66.6 Å². The summed E-state index contributed by atoms with van der Waals surface area (Å²) in [6, 6.07) is 18.5. The van der Waals surface area contributed by atoms with Crippen molar-refractivity contribution in [2.24, 2.45) is 0 Å². The molecule has 0 amide bonds. The van der Waals surface area contributed by atoms with Gasteiger partial charge in [-0.2, -0.15) is 11.8 Å². The molecule has 1 heterocycles. The first-order valence-corrected chi connectivity index (χ1v) is 10.3. The zero-order chi connectivity index (χ0) is 18.5. The molecule has 4 heteroatoms. The van der Waals surface area contributed by atoms with Crippen LogP contribution in [-0.4, -0.2) is 10.2 Å². The maximum absolute atomic E-state index is 13.2. The summed E-state index contributed by atoms with van der Waals surface area (Å²) in [6.07, 6.45) is 7.60. The fourth-order valence-corrected chi connectivity index (χ4v) is 4.84. The number of nitrogens with zero attached hydrogens (tertiary/aromatic N) is 1. The van der Waals surface area contributed by atoms with Crippen LogP contribution in [0.15, 0.2) is 73.1 Å². The number of benzene rings is 2. The molecule has 0 N–H and O–H groups in total. The third-order valence-electron chi connectivity index (χ3n) is 4.98. The summed E-state index contributed by atoms with van der Waals surface area (Å²) >= 11 is 2.04. The van der Waals surface area contributed by atoms with Gasteiger partial charge in [0, 0.05) is 29.5 Å². The normalized spacial score (nSPS) is 19.1. The predicted octanol–water partition coefficient (Wildman–Crippen LogP) is 6.58. The van der Waals surface area contributed by atoms with Crippen molar-refractivity contribution >= 4 is 11.8 Å². The third-order valence-corrected chi connectivity index (χ3v) is 6.38. The van der Waals surface area contributed by atoms with Crippen molar-refractivity contribution in [2.75, 3.05) is 0 Å². The minimum atomic E-state index is -0.290. The summed E-state index contributed by atoms with van der Waals surface area (Å²) in [5, 5.41) is 0.707. The zero-order valence-electron chi connectivity index (χ0n) is 15.1. The average molecular weight is 380 g/mol. The van der Waals surface area contributed by atoms with Gasteiger partial charge < -0.3 is 4.74 Å². The van der Waals surface area contributed by atoms with Crippen molar-refractivity contribution in [1.82, 2.24) is 4.98 Å². The Balaban J connectivity index is 1.28. The lowest BCUT2D eigenvalue weighted by Crippen LogP contribution is -1.98. The molecule has 2 unspecified atom stereocenters. The van der Waals surface area contributed by atoms with E-state index in [0.717, 1.165) is 11.5 Å². The van der Waals surface area contributed by atoms with Gasteiger partial charge in [0.15, 0.2) is 0 Å². The maximum Gasteiger partial charge on any atom is 0.130 e. The molecule has 2 aromatic carbocycles. The Hall–Kier alpha value is -2.33. The second kappa shape index (κ2) is 8.57. The molecule has 2 nitrogen and oxygen atoms in total. The van der Waals surface area contributed by atoms with Crippen LogP contribution in [0.3, 0.4) is 0 Å². The van der Waals surface area contributed by atoms with Gasteiger partial charge in [0.2, 0.25) is 0 Å². The summed E-state index contributed by atoms with van der Waals surface area (Å²) < 4.78 is 18.9. The largest absolute Gasteiger partial charge is 0.457 e. The predicted molar refractivity (Wildman–Crippen MR) is 109 cm³/mol. The topological polar surface area (TPSA) is 22.1 Å². The summed E-state index contributed by atoms with van der Waals surface area (Å²) in [6.45, 7) is 0. The van der Waals surface area contributed by atoms with Crippen LogP contribution in [0.2, 0.25) is 0 Å². The lowest BCUT2D eigenvalue weighted by atomic mass is 10.00. The number of halogens is 1. The number of hydrogen-bond acceptors (Lipinski definition) is 3. The fraction of sp³-hybridized carbons (Fsp3) is 0.261. The molecule has 0 saturated heterocycles. The van der Waals surface area contributed by atoms with E-state index in [-0.39, 0.29) is 5.82 Å². The molecule has 1 saturated carbocycles. The third kappa shape index (κ3) is 4.89. The smallest absolute Gasteiger partial charge is 0.130 e. The lowest BCUT2D eigenvalue weighted by Gasteiger charge is -2.12. The summed E-state index contributed by atoms with van der Waals surface area (Å²) in [5.41, 5.74) is 2.66. The van der Waals surface area contributed by atoms with Crippen LogP contribution in [0.1, 0.15) is 36.3 Å². The second-order valence-corrected chi connectivity index (χ2v) is 8.22. The Morgan fingerprint density at radius 2 is 1.89 bits per heavy atom. The molecule has 3 aromatic rings. The average Bonchev–Trinajstić information content (AvgIpc) is 3.17. The Kier molecular flexibility index (Phi) is 5.73. The SMILES string of the molecule is Fc1cccc(Oc2ccc(CSC3CCC(c4cccnc4)C3)cc2)c1. The van der Waals surface area contributed by atoms with Crippen LogP contribution in [0.5, 0.6) is 11.5 Å². The molecular formula is C23H22FNOS. The zero-order valence-corrected chi connectivity index (χ0v) is 15.9. The van der Waals surface area contributed by atoms with Gasteiger partial charge in [0.1, 0.15) is 17.3 Å². The van der Waals surface area contributed by atoms with Crippen molar-refractivity contribution in [2.45, 2.75) is 36.2 Å². The van der Waals surface area contributed by atoms with Crippen LogP contribution in [0, 0.1) is 5.82 Å². The van der Waals surface area contributed by atoms with Crippen molar-refractivity contribution in [3.8, 4) is 11.5 Å². The molecule has 0 aliphatic heterocycles. The standard InChI is InChI=1S/C23H22FNOS/c24-20-4-1-5-22(14-20)26-21-9-6-17(7-10-21)16-27-23-11-8-18(13-23)19-3-2-12-25-15-19/h1-7,9-10,12,14-15,18,23H,8,11,13,16H2. The molecule has 1 aliphatic carbocycles. The molecule has 2 atom stereocenters. The summed E-state index contributed by atoms with van der Waals surface area (Å²) in [5.74, 6) is 2.61. The Morgan fingerprint density at radius 1 is 1.00 bits per heavy atom. The van der Waals surface area contributed by atoms with E-state index in [4.69, 9.17) is 4.74 Å². The van der Waals surface area contributed by atoms with Crippen LogP contribution in [0.25, 0.3) is 0 Å². The Bertz CT molecular complexity index is 869. The molecule has 27 heavy (non-hydrogen) atoms. The van der Waals surface area contributed by atoms with Gasteiger partial charge in [-0.25, -0.2) is 4.39 Å². The minimum Gasteiger partial charge on any atom is -0.457 e. The molecule has 0 radical (unpaired) electrons. The van der Waals surface area contributed by atoms with E-state index in [1.165, 1.54) is 42.5 Å². The Labute approximate surface area is 163 Å². The first-order chi connectivity index (χ1) is 13.3. The van der Waals surface area contributed by atoms with Gasteiger partial charge in [0.05, 0.1) is 0 Å². The lowest BCUT2D eigenvalue weighted by molar-refractivity contribution is 0.476. The molecule has 0 bridgehead atoms. The highest BCUT2D eigenvalue weighted by Crippen LogP contribution is 2.40. The summed E-state index contributed by atoms with van der Waals surface area (Å²) in [4.78, 5) is 4.25. The van der Waals surface area contributed by atoms with Gasteiger partial charge >= 0.3 is 0 Å². The molecular weight excluding hydrogens is 357 g/mol. The van der Waals surface area contributed by atoms with Crippen molar-refractivity contribution in [1.29, 1.82) is 0 Å². The second-order valence-electron chi connectivity index (χ2n) is 6.93. The highest BCUT2D eigenvalue weighted by Gasteiger charge is 2.26. The number of rotatable bonds is 6. The molecule has 1 fully saturated rings. The van der Waals surface area contributed by atoms with Crippen molar-refractivity contribution in [3.05, 3.63) is 90.0 Å². The van der Waals surface area contributed by atoms with E-state index < -0.39 is 0 Å². The quantitative estimate of drug-likeness (QED) is 0.483. The van der Waals surface area contributed by atoms with E-state index in [0.29, 0.717) is 16.9 Å². The van der Waals surface area contributed by atoms with E-state index >= 15 is 0 Å². The van der Waals surface area contributed by atoms with Gasteiger partial charge in [0.25, 0.3) is 0 Å². The first kappa shape index (κ1) is 18.1. The number of hydrogen-bond donors (Lipinski definition) is 0. The molecule has 1 aliphatic rings. The van der Waals surface area contributed by atoms with Crippen LogP contribution < -0.4 is 4.74 Å². The number of ether oxygens (including phenoxy) is 1. The number of thioether (sulfide) groups is 1. The van der Waals surface area contributed by atoms with Crippen molar-refractivity contribution in [3.63, 3.8) is 0 Å². The number of pyridine rings is 1. The van der Waals surface area contributed by atoms with Crippen molar-refractivity contribution < 1.29 is 9.13 Å². The van der Waals surface area contributed by atoms with Crippen LogP contribution >= 0.6 is 11.8 Å². The monoisotopic (exact) mass is 379 g/mol. The van der Waals surface area contributed by atoms with Gasteiger partial charge in [-0.3, -0.25) is 4.98 Å². The highest BCUT2D eigenvalue weighted by atomic mass is 32.2. The van der Waals surface area contributed by atoms with Gasteiger partial charge in [-0.15, -0.1) is 0 Å². The van der Waals surface area contributed by atoms with E-state index in [2.05, 4.69) is 23.2 Å². The molecule has 138 valence electrons. The van der Waals surface area contributed by atoms with Gasteiger partial charge in [-0.1, -0.05) is 24.3 Å². The van der Waals surface area contributed by atoms with E-state index in [1.807, 2.05) is 42.4 Å². The molecule has 0 spiro atoms. The van der Waals surface area contributed by atoms with Crippen LogP contribution in [-0.2, 0) is 5.75 Å². The molecule has 1 aromatic heterocycles. The summed E-state index contributed by atoms with van der Waals surface area (Å²) in [7, 11) is 0. The molecule has 4 rings (SSSR count). The maximum atomic E-state index is 13.2. The highest BCUT2D eigenvalue weighted by molar-refractivity contribution is 7.99. The van der Waals surface area contributed by atoms with E-state index in [1.54, 1.807) is 12.1 Å². The minimum absolute atomic E-state index is 0.290.